The lowest BCUT2D eigenvalue weighted by Crippen LogP contribution is -2.71. The van der Waals surface area contributed by atoms with Crippen molar-refractivity contribution in [1.82, 2.24) is 14.7 Å². The van der Waals surface area contributed by atoms with Gasteiger partial charge in [0.1, 0.15) is 6.61 Å². The van der Waals surface area contributed by atoms with Crippen LogP contribution in [0.1, 0.15) is 57.9 Å². The Morgan fingerprint density at radius 1 is 0.919 bits per heavy atom. The Labute approximate surface area is 220 Å². The number of benzene rings is 1. The van der Waals surface area contributed by atoms with Crippen molar-refractivity contribution in [3.8, 4) is 0 Å². The highest BCUT2D eigenvalue weighted by Gasteiger charge is 2.56. The molecule has 1 saturated carbocycles. The van der Waals surface area contributed by atoms with Gasteiger partial charge < -0.3 is 19.1 Å². The van der Waals surface area contributed by atoms with E-state index in [1.54, 1.807) is 0 Å². The second-order valence-electron chi connectivity index (χ2n) is 10.1. The van der Waals surface area contributed by atoms with Gasteiger partial charge in [0.05, 0.1) is 25.2 Å². The second kappa shape index (κ2) is 12.8. The third kappa shape index (κ3) is 6.33. The van der Waals surface area contributed by atoms with Gasteiger partial charge in [-0.1, -0.05) is 30.3 Å². The van der Waals surface area contributed by atoms with Gasteiger partial charge in [0, 0.05) is 32.7 Å². The predicted molar refractivity (Wildman–Crippen MR) is 137 cm³/mol. The molecule has 2 saturated heterocycles. The number of hydrogen-bond acceptors (Lipinski definition) is 8. The fourth-order valence-electron chi connectivity index (χ4n) is 5.70. The van der Waals surface area contributed by atoms with E-state index in [2.05, 4.69) is 4.90 Å². The van der Waals surface area contributed by atoms with Gasteiger partial charge in [-0.2, -0.15) is 0 Å². The smallest absolute Gasteiger partial charge is 0.371 e. The molecule has 0 spiro atoms. The Morgan fingerprint density at radius 2 is 1.62 bits per heavy atom. The molecule has 1 aromatic rings. The number of likely N-dealkylation sites (N-methyl/N-ethyl adjacent to an activating group) is 1. The normalized spacial score (nSPS) is 25.0. The molecule has 9 nitrogen and oxygen atoms in total. The fraction of sp³-hybridized carbons (Fsp3) is 0.679. The summed E-state index contributed by atoms with van der Waals surface area (Å²) in [7, 11) is 0. The van der Waals surface area contributed by atoms with Gasteiger partial charge in [-0.3, -0.25) is 14.5 Å². The van der Waals surface area contributed by atoms with Gasteiger partial charge in [0.15, 0.2) is 0 Å². The third-order valence-corrected chi connectivity index (χ3v) is 7.77. The van der Waals surface area contributed by atoms with E-state index in [1.165, 1.54) is 0 Å². The van der Waals surface area contributed by atoms with E-state index in [1.807, 2.05) is 54.0 Å². The summed E-state index contributed by atoms with van der Waals surface area (Å²) in [6, 6.07) is 9.60. The summed E-state index contributed by atoms with van der Waals surface area (Å²) >= 11 is 0. The van der Waals surface area contributed by atoms with Gasteiger partial charge in [-0.15, -0.1) is 0 Å². The van der Waals surface area contributed by atoms with Crippen LogP contribution in [0.25, 0.3) is 0 Å². The molecule has 1 aromatic carbocycles. The quantitative estimate of drug-likeness (QED) is 0.440. The van der Waals surface area contributed by atoms with Crippen LogP contribution in [-0.4, -0.2) is 90.4 Å². The highest BCUT2D eigenvalue weighted by atomic mass is 16.6. The van der Waals surface area contributed by atoms with E-state index in [0.29, 0.717) is 65.0 Å². The third-order valence-electron chi connectivity index (χ3n) is 7.77. The maximum Gasteiger partial charge on any atom is 0.371 e. The number of esters is 2. The van der Waals surface area contributed by atoms with Crippen LogP contribution in [0, 0.1) is 5.92 Å². The SMILES string of the molecule is CCOC(=O)[C@H]1CC[C@H](OC(C(=O)OCc2ccccc2)(N2CCCC2)N2CCN(CC)C(=O)C2)CC1. The van der Waals surface area contributed by atoms with Gasteiger partial charge in [0.2, 0.25) is 5.91 Å². The molecule has 2 aliphatic heterocycles. The molecule has 0 aromatic heterocycles. The minimum Gasteiger partial charge on any atom is -0.466 e. The first-order valence-corrected chi connectivity index (χ1v) is 13.8. The highest BCUT2D eigenvalue weighted by Crippen LogP contribution is 2.36. The summed E-state index contributed by atoms with van der Waals surface area (Å²) in [5.74, 6) is -2.25. The van der Waals surface area contributed by atoms with E-state index >= 15 is 0 Å². The number of rotatable bonds is 10. The number of carbonyl (C=O) groups excluding carboxylic acids is 3. The maximum absolute atomic E-state index is 14.1. The number of hydrogen-bond donors (Lipinski definition) is 0. The number of nitrogens with zero attached hydrogens (tertiary/aromatic N) is 3. The molecule has 1 atom stereocenters. The largest absolute Gasteiger partial charge is 0.466 e. The zero-order valence-corrected chi connectivity index (χ0v) is 22.2. The molecule has 9 heteroatoms. The minimum atomic E-state index is -1.47. The molecule has 0 radical (unpaired) electrons. The Kier molecular flexibility index (Phi) is 9.56. The number of likely N-dealkylation sites (tertiary alicyclic amines) is 1. The Balaban J connectivity index is 1.58. The Hall–Kier alpha value is -2.49. The summed E-state index contributed by atoms with van der Waals surface area (Å²) in [6.07, 6.45) is 4.28. The summed E-state index contributed by atoms with van der Waals surface area (Å²) in [6.45, 7) is 7.48. The van der Waals surface area contributed by atoms with Crippen molar-refractivity contribution in [3.05, 3.63) is 35.9 Å². The van der Waals surface area contributed by atoms with Crippen molar-refractivity contribution in [2.75, 3.05) is 45.9 Å². The van der Waals surface area contributed by atoms with E-state index in [-0.39, 0.29) is 37.0 Å². The van der Waals surface area contributed by atoms with E-state index in [9.17, 15) is 14.4 Å². The standard InChI is InChI=1S/C28H41N3O6/c1-3-29-18-19-31(20-25(29)32)28(30-16-8-9-17-30,27(34)36-21-22-10-6-5-7-11-22)37-24-14-12-23(13-15-24)26(33)35-4-2/h5-7,10-11,23-24H,3-4,8-9,12-21H2,1-2H3/t23-,24-,28?. The number of amides is 1. The van der Waals surface area contributed by atoms with Crippen LogP contribution in [0.4, 0.5) is 0 Å². The molecule has 3 aliphatic rings. The van der Waals surface area contributed by atoms with Crippen molar-refractivity contribution in [1.29, 1.82) is 0 Å². The highest BCUT2D eigenvalue weighted by molar-refractivity contribution is 5.83. The average Bonchev–Trinajstić information content (AvgIpc) is 3.47. The maximum atomic E-state index is 14.1. The van der Waals surface area contributed by atoms with Gasteiger partial charge in [0.25, 0.3) is 5.85 Å². The van der Waals surface area contributed by atoms with Crippen molar-refractivity contribution in [2.24, 2.45) is 5.92 Å². The summed E-state index contributed by atoms with van der Waals surface area (Å²) in [5, 5.41) is 0. The molecule has 0 N–H and O–H groups in total. The lowest BCUT2D eigenvalue weighted by molar-refractivity contribution is -0.275. The van der Waals surface area contributed by atoms with Gasteiger partial charge >= 0.3 is 11.9 Å². The lowest BCUT2D eigenvalue weighted by atomic mass is 9.87. The van der Waals surface area contributed by atoms with Gasteiger partial charge in [-0.05, 0) is 57.9 Å². The molecule has 1 amide bonds. The Bertz CT molecular complexity index is 914. The molecule has 37 heavy (non-hydrogen) atoms. The van der Waals surface area contributed by atoms with Crippen molar-refractivity contribution >= 4 is 17.8 Å². The molecular weight excluding hydrogens is 474 g/mol. The molecule has 0 bridgehead atoms. The van der Waals surface area contributed by atoms with Crippen LogP contribution in [-0.2, 0) is 35.2 Å². The van der Waals surface area contributed by atoms with Crippen molar-refractivity contribution < 1.29 is 28.6 Å². The molecule has 1 unspecified atom stereocenters. The van der Waals surface area contributed by atoms with Crippen LogP contribution in [0.5, 0.6) is 0 Å². The molecule has 4 rings (SSSR count). The first-order chi connectivity index (χ1) is 18.0. The predicted octanol–water partition coefficient (Wildman–Crippen LogP) is 2.78. The number of ether oxygens (including phenoxy) is 3. The topological polar surface area (TPSA) is 88.6 Å². The first-order valence-electron chi connectivity index (χ1n) is 13.8. The zero-order valence-electron chi connectivity index (χ0n) is 22.2. The van der Waals surface area contributed by atoms with Crippen LogP contribution < -0.4 is 0 Å². The minimum absolute atomic E-state index is 0.0113. The van der Waals surface area contributed by atoms with Crippen LogP contribution in [0.15, 0.2) is 30.3 Å². The first kappa shape index (κ1) is 27.5. The van der Waals surface area contributed by atoms with Gasteiger partial charge in [-0.25, -0.2) is 9.69 Å². The monoisotopic (exact) mass is 515 g/mol. The molecule has 204 valence electrons. The summed E-state index contributed by atoms with van der Waals surface area (Å²) in [4.78, 5) is 45.1. The van der Waals surface area contributed by atoms with E-state index < -0.39 is 11.8 Å². The zero-order chi connectivity index (χ0) is 26.3. The molecular formula is C28H41N3O6. The molecule has 3 fully saturated rings. The number of carbonyl (C=O) groups is 3. The number of piperazine rings is 1. The Morgan fingerprint density at radius 3 is 2.24 bits per heavy atom. The summed E-state index contributed by atoms with van der Waals surface area (Å²) < 4.78 is 18.0. The van der Waals surface area contributed by atoms with Crippen molar-refractivity contribution in [2.45, 2.75) is 70.9 Å². The molecule has 2 heterocycles. The van der Waals surface area contributed by atoms with Crippen LogP contribution >= 0.6 is 0 Å². The van der Waals surface area contributed by atoms with E-state index in [4.69, 9.17) is 14.2 Å². The second-order valence-corrected chi connectivity index (χ2v) is 10.1. The van der Waals surface area contributed by atoms with Crippen LogP contribution in [0.3, 0.4) is 0 Å². The van der Waals surface area contributed by atoms with E-state index in [0.717, 1.165) is 18.4 Å². The van der Waals surface area contributed by atoms with Crippen LogP contribution in [0.2, 0.25) is 0 Å². The summed E-state index contributed by atoms with van der Waals surface area (Å²) in [5.41, 5.74) is 0.896. The fourth-order valence-corrected chi connectivity index (χ4v) is 5.70. The molecule has 1 aliphatic carbocycles. The average molecular weight is 516 g/mol. The van der Waals surface area contributed by atoms with Crippen molar-refractivity contribution in [3.63, 3.8) is 0 Å². The lowest BCUT2D eigenvalue weighted by Gasteiger charge is -2.50.